The largest absolute Gasteiger partial charge is 0.394 e. The first-order chi connectivity index (χ1) is 20.7. The Kier molecular flexibility index (Phi) is 9.52. The van der Waals surface area contributed by atoms with Crippen molar-refractivity contribution in [2.75, 3.05) is 25.4 Å². The number of rotatable bonds is 10. The Labute approximate surface area is 256 Å². The van der Waals surface area contributed by atoms with E-state index >= 15 is 0 Å². The summed E-state index contributed by atoms with van der Waals surface area (Å²) in [4.78, 5) is 17.9. The highest BCUT2D eigenvalue weighted by Gasteiger charge is 2.48. The van der Waals surface area contributed by atoms with Gasteiger partial charge in [-0.3, -0.25) is 9.79 Å². The first kappa shape index (κ1) is 32.9. The Balaban J connectivity index is 1.18. The first-order valence-corrected chi connectivity index (χ1v) is 17.1. The molecule has 2 aromatic rings. The molecule has 9 nitrogen and oxygen atoms in total. The molecule has 1 saturated heterocycles. The third-order valence-electron chi connectivity index (χ3n) is 9.93. The fraction of sp³-hybridized carbons (Fsp3) is 0.677. The Morgan fingerprint density at radius 3 is 2.48 bits per heavy atom. The van der Waals surface area contributed by atoms with Crippen molar-refractivity contribution >= 4 is 32.7 Å². The minimum atomic E-state index is -4.14. The van der Waals surface area contributed by atoms with Gasteiger partial charge in [0.2, 0.25) is 10.0 Å². The number of fused-ring (bicyclic) bond motifs is 1. The van der Waals surface area contributed by atoms with Gasteiger partial charge in [-0.15, -0.1) is 0 Å². The topological polar surface area (TPSA) is 124 Å². The van der Waals surface area contributed by atoms with Gasteiger partial charge >= 0.3 is 6.18 Å². The van der Waals surface area contributed by atoms with Gasteiger partial charge in [-0.05, 0) is 100.0 Å². The number of carbonyl (C=O) groups is 1. The number of aliphatic hydroxyl groups is 2. The number of nitrogens with zero attached hydrogens (tertiary/aromatic N) is 3. The predicted octanol–water partition coefficient (Wildman–Crippen LogP) is 4.00. The number of hydrogen-bond acceptors (Lipinski definition) is 6. The molecule has 44 heavy (non-hydrogen) atoms. The zero-order chi connectivity index (χ0) is 31.9. The van der Waals surface area contributed by atoms with Crippen LogP contribution >= 0.6 is 0 Å². The number of aliphatic hydroxyl groups excluding tert-OH is 2. The van der Waals surface area contributed by atoms with Gasteiger partial charge in [-0.1, -0.05) is 0 Å². The summed E-state index contributed by atoms with van der Waals surface area (Å²) in [7, 11) is -3.60. The molecule has 0 bridgehead atoms. The monoisotopic (exact) mass is 640 g/mol. The maximum Gasteiger partial charge on any atom is 0.389 e. The number of aryl methyl sites for hydroxylation is 2. The fourth-order valence-corrected chi connectivity index (χ4v) is 8.66. The van der Waals surface area contributed by atoms with Gasteiger partial charge in [0.15, 0.2) is 0 Å². The third kappa shape index (κ3) is 7.00. The lowest BCUT2D eigenvalue weighted by molar-refractivity contribution is -0.138. The van der Waals surface area contributed by atoms with Crippen LogP contribution in [0.5, 0.6) is 0 Å². The van der Waals surface area contributed by atoms with Crippen molar-refractivity contribution in [2.24, 2.45) is 16.8 Å². The number of sulfonamides is 1. The van der Waals surface area contributed by atoms with E-state index in [4.69, 9.17) is 4.99 Å². The minimum absolute atomic E-state index is 0.0164. The van der Waals surface area contributed by atoms with E-state index in [1.807, 2.05) is 36.7 Å². The second kappa shape index (κ2) is 12.7. The SMILES string of the molecule is Cc1cc2c(ccn2C[C@@H](O)CO)c(C)c1CCS(=O)(=O)N1CCC2(CC1)N=C(C1CCC(CCC(F)(F)F)CC1)NC2=O. The molecule has 3 aliphatic rings. The average Bonchev–Trinajstić information content (AvgIpc) is 3.52. The summed E-state index contributed by atoms with van der Waals surface area (Å²) in [6.07, 6.45) is -0.0974. The number of aliphatic imine (C=N–C) groups is 1. The average molecular weight is 641 g/mol. The quantitative estimate of drug-likeness (QED) is 0.362. The predicted molar refractivity (Wildman–Crippen MR) is 162 cm³/mol. The van der Waals surface area contributed by atoms with Gasteiger partial charge < -0.3 is 20.1 Å². The summed E-state index contributed by atoms with van der Waals surface area (Å²) in [5, 5.41) is 23.0. The number of piperidine rings is 1. The Morgan fingerprint density at radius 2 is 1.84 bits per heavy atom. The van der Waals surface area contributed by atoms with E-state index in [1.54, 1.807) is 0 Å². The van der Waals surface area contributed by atoms with Crippen LogP contribution < -0.4 is 5.32 Å². The Hall–Kier alpha value is -2.48. The molecule has 0 radical (unpaired) electrons. The van der Waals surface area contributed by atoms with Crippen LogP contribution in [0.25, 0.3) is 10.9 Å². The second-order valence-corrected chi connectivity index (χ2v) is 14.9. The molecule has 1 aliphatic carbocycles. The molecule has 1 aromatic carbocycles. The van der Waals surface area contributed by atoms with Gasteiger partial charge in [0, 0.05) is 42.5 Å². The maximum atomic E-state index is 13.4. The van der Waals surface area contributed by atoms with Crippen molar-refractivity contribution in [3.05, 3.63) is 35.0 Å². The van der Waals surface area contributed by atoms with Crippen molar-refractivity contribution in [1.29, 1.82) is 0 Å². The molecule has 1 atom stereocenters. The van der Waals surface area contributed by atoms with E-state index < -0.39 is 34.3 Å². The number of nitrogens with one attached hydrogen (secondary N) is 1. The van der Waals surface area contributed by atoms with Crippen molar-refractivity contribution in [3.8, 4) is 0 Å². The van der Waals surface area contributed by atoms with Crippen LogP contribution in [0.2, 0.25) is 0 Å². The summed E-state index contributed by atoms with van der Waals surface area (Å²) < 4.78 is 68.0. The van der Waals surface area contributed by atoms with Gasteiger partial charge in [0.05, 0.1) is 25.0 Å². The molecule has 1 aromatic heterocycles. The van der Waals surface area contributed by atoms with Crippen LogP contribution in [0.1, 0.15) is 68.1 Å². The van der Waals surface area contributed by atoms with E-state index in [9.17, 15) is 36.6 Å². The molecule has 5 rings (SSSR count). The maximum absolute atomic E-state index is 13.4. The molecule has 1 amide bonds. The highest BCUT2D eigenvalue weighted by molar-refractivity contribution is 7.89. The van der Waals surface area contributed by atoms with Crippen molar-refractivity contribution in [3.63, 3.8) is 0 Å². The number of carbonyl (C=O) groups excluding carboxylic acids is 1. The van der Waals surface area contributed by atoms with Gasteiger partial charge in [0.25, 0.3) is 5.91 Å². The lowest BCUT2D eigenvalue weighted by Crippen LogP contribution is -2.51. The van der Waals surface area contributed by atoms with E-state index in [0.29, 0.717) is 50.8 Å². The Morgan fingerprint density at radius 1 is 1.16 bits per heavy atom. The molecule has 1 saturated carbocycles. The second-order valence-electron chi connectivity index (χ2n) is 12.9. The zero-order valence-corrected chi connectivity index (χ0v) is 26.2. The third-order valence-corrected chi connectivity index (χ3v) is 11.8. The number of amides is 1. The van der Waals surface area contributed by atoms with E-state index in [0.717, 1.165) is 27.6 Å². The number of alkyl halides is 3. The number of benzene rings is 1. The molecule has 13 heteroatoms. The molecule has 2 fully saturated rings. The summed E-state index contributed by atoms with van der Waals surface area (Å²) in [5.74, 6) is 0.399. The molecule has 2 aliphatic heterocycles. The van der Waals surface area contributed by atoms with Crippen LogP contribution in [-0.2, 0) is 27.8 Å². The fourth-order valence-electron chi connectivity index (χ4n) is 7.20. The molecule has 0 unspecified atom stereocenters. The Bertz CT molecular complexity index is 1500. The van der Waals surface area contributed by atoms with Crippen LogP contribution in [-0.4, -0.2) is 82.5 Å². The molecule has 3 heterocycles. The van der Waals surface area contributed by atoms with Crippen molar-refractivity contribution < 1.29 is 36.6 Å². The van der Waals surface area contributed by atoms with E-state index in [1.165, 1.54) is 4.31 Å². The number of hydrogen-bond donors (Lipinski definition) is 3. The van der Waals surface area contributed by atoms with Gasteiger partial charge in [0.1, 0.15) is 11.4 Å². The van der Waals surface area contributed by atoms with Crippen LogP contribution in [0.3, 0.4) is 0 Å². The summed E-state index contributed by atoms with van der Waals surface area (Å²) in [5.41, 5.74) is 2.85. The van der Waals surface area contributed by atoms with E-state index in [2.05, 4.69) is 5.32 Å². The van der Waals surface area contributed by atoms with Crippen molar-refractivity contribution in [2.45, 2.75) is 96.0 Å². The zero-order valence-electron chi connectivity index (χ0n) is 25.4. The highest BCUT2D eigenvalue weighted by Crippen LogP contribution is 2.38. The lowest BCUT2D eigenvalue weighted by atomic mass is 9.79. The van der Waals surface area contributed by atoms with Crippen LogP contribution in [0.4, 0.5) is 13.2 Å². The van der Waals surface area contributed by atoms with Crippen LogP contribution in [0, 0.1) is 25.7 Å². The number of aromatic nitrogens is 1. The number of amidine groups is 1. The molecule has 1 spiro atoms. The highest BCUT2D eigenvalue weighted by atomic mass is 32.2. The van der Waals surface area contributed by atoms with Gasteiger partial charge in [-0.2, -0.15) is 13.2 Å². The summed E-state index contributed by atoms with van der Waals surface area (Å²) in [6.45, 7) is 4.24. The summed E-state index contributed by atoms with van der Waals surface area (Å²) >= 11 is 0. The normalized spacial score (nSPS) is 23.7. The summed E-state index contributed by atoms with van der Waals surface area (Å²) in [6, 6.07) is 3.93. The molecular weight excluding hydrogens is 597 g/mol. The minimum Gasteiger partial charge on any atom is -0.394 e. The smallest absolute Gasteiger partial charge is 0.389 e. The molecular formula is C31H43F3N4O5S. The molecule has 3 N–H and O–H groups in total. The van der Waals surface area contributed by atoms with Gasteiger partial charge in [-0.25, -0.2) is 12.7 Å². The van der Waals surface area contributed by atoms with Crippen molar-refractivity contribution in [1.82, 2.24) is 14.2 Å². The van der Waals surface area contributed by atoms with Crippen LogP contribution in [0.15, 0.2) is 23.3 Å². The number of halogens is 3. The standard InChI is InChI=1S/C31H43F3N4O5S/c1-20-17-27-26(8-13-37(27)18-24(40)19-39)21(2)25(20)9-16-44(42,43)38-14-11-30(12-15-38)29(41)35-28(36-30)23-5-3-22(4-6-23)7-10-31(32,33)34/h8,13,17,22-24,39-40H,3-7,9-12,14-16,18-19H2,1-2H3,(H,35,36,41)/t22?,23?,24-/m1/s1. The van der Waals surface area contributed by atoms with E-state index in [-0.39, 0.29) is 56.2 Å². The first-order valence-electron chi connectivity index (χ1n) is 15.5. The lowest BCUT2D eigenvalue weighted by Gasteiger charge is -2.34. The molecule has 244 valence electrons.